The van der Waals surface area contributed by atoms with E-state index in [9.17, 15) is 9.59 Å². The lowest BCUT2D eigenvalue weighted by molar-refractivity contribution is -0.137. The fourth-order valence-corrected chi connectivity index (χ4v) is 5.82. The Labute approximate surface area is 260 Å². The molecule has 1 amide bonds. The molecule has 1 saturated carbocycles. The standard InChI is InChI=1S/C30H51N11O3/c31-26-19-27(40-17-11-23(12-18-40)20-34-28(42)9-4-10-29(43)44)37-30(36-26)35-21-25-22-41(39-38-25)16-6-14-32-13-5-15-33-24-7-2-1-3-8-24/h19,22-24,32-33H,1-18,20-21H2,(H,34,42)(H,43,44)(H3,31,35,36,37). The van der Waals surface area contributed by atoms with Crippen LogP contribution in [0.1, 0.15) is 82.7 Å². The summed E-state index contributed by atoms with van der Waals surface area (Å²) in [6.07, 6.45) is 13.4. The number of piperidine rings is 1. The first-order valence-corrected chi connectivity index (χ1v) is 16.4. The van der Waals surface area contributed by atoms with Gasteiger partial charge in [0.2, 0.25) is 11.9 Å². The number of rotatable bonds is 19. The number of nitrogen functional groups attached to an aromatic ring is 1. The van der Waals surface area contributed by atoms with Crippen molar-refractivity contribution in [1.82, 2.24) is 40.9 Å². The molecule has 14 nitrogen and oxygen atoms in total. The molecule has 1 aliphatic heterocycles. The number of carbonyl (C=O) groups excluding carboxylic acids is 1. The van der Waals surface area contributed by atoms with Crippen LogP contribution >= 0.6 is 0 Å². The summed E-state index contributed by atoms with van der Waals surface area (Å²) in [5, 5.41) is 30.6. The zero-order valence-corrected chi connectivity index (χ0v) is 26.0. The van der Waals surface area contributed by atoms with Gasteiger partial charge in [-0.1, -0.05) is 24.5 Å². The quantitative estimate of drug-likeness (QED) is 0.127. The second kappa shape index (κ2) is 18.3. The average Bonchev–Trinajstić information content (AvgIpc) is 3.48. The molecule has 0 unspecified atom stereocenters. The third-order valence-electron chi connectivity index (χ3n) is 8.38. The number of aliphatic carboxylic acids is 1. The van der Waals surface area contributed by atoms with E-state index in [1.807, 2.05) is 10.9 Å². The van der Waals surface area contributed by atoms with Crippen LogP contribution in [0.4, 0.5) is 17.6 Å². The predicted molar refractivity (Wildman–Crippen MR) is 170 cm³/mol. The van der Waals surface area contributed by atoms with Crippen molar-refractivity contribution in [2.45, 2.75) is 96.2 Å². The molecule has 2 fully saturated rings. The van der Waals surface area contributed by atoms with Crippen LogP contribution in [0.5, 0.6) is 0 Å². The number of hydrogen-bond donors (Lipinski definition) is 6. The molecule has 2 aliphatic rings. The lowest BCUT2D eigenvalue weighted by Gasteiger charge is -2.33. The number of amides is 1. The van der Waals surface area contributed by atoms with Crippen LogP contribution in [0.3, 0.4) is 0 Å². The second-order valence-electron chi connectivity index (χ2n) is 12.0. The lowest BCUT2D eigenvalue weighted by Crippen LogP contribution is -2.39. The minimum Gasteiger partial charge on any atom is -0.481 e. The number of hydrogen-bond acceptors (Lipinski definition) is 11. The summed E-state index contributed by atoms with van der Waals surface area (Å²) >= 11 is 0. The highest BCUT2D eigenvalue weighted by atomic mass is 16.4. The maximum atomic E-state index is 12.0. The second-order valence-corrected chi connectivity index (χ2v) is 12.0. The molecule has 44 heavy (non-hydrogen) atoms. The van der Waals surface area contributed by atoms with E-state index in [1.54, 1.807) is 6.07 Å². The van der Waals surface area contributed by atoms with Gasteiger partial charge in [0.1, 0.15) is 17.3 Å². The van der Waals surface area contributed by atoms with E-state index in [-0.39, 0.29) is 18.7 Å². The molecular formula is C30H51N11O3. The smallest absolute Gasteiger partial charge is 0.303 e. The lowest BCUT2D eigenvalue weighted by atomic mass is 9.95. The predicted octanol–water partition coefficient (Wildman–Crippen LogP) is 2.14. The highest BCUT2D eigenvalue weighted by Gasteiger charge is 2.22. The van der Waals surface area contributed by atoms with Gasteiger partial charge >= 0.3 is 5.97 Å². The van der Waals surface area contributed by atoms with Crippen LogP contribution in [-0.4, -0.2) is 87.3 Å². The van der Waals surface area contributed by atoms with Gasteiger partial charge < -0.3 is 37.0 Å². The first-order valence-electron chi connectivity index (χ1n) is 16.4. The zero-order valence-electron chi connectivity index (χ0n) is 26.0. The number of nitrogens with one attached hydrogen (secondary N) is 4. The van der Waals surface area contributed by atoms with Crippen LogP contribution in [0.2, 0.25) is 0 Å². The number of carboxylic acids is 1. The molecule has 0 radical (unpaired) electrons. The topological polar surface area (TPSA) is 188 Å². The molecule has 244 valence electrons. The number of carbonyl (C=O) groups is 2. The summed E-state index contributed by atoms with van der Waals surface area (Å²) < 4.78 is 1.87. The van der Waals surface area contributed by atoms with Crippen LogP contribution in [0.25, 0.3) is 0 Å². The largest absolute Gasteiger partial charge is 0.481 e. The highest BCUT2D eigenvalue weighted by Crippen LogP contribution is 2.24. The Balaban J connectivity index is 1.09. The van der Waals surface area contributed by atoms with Gasteiger partial charge in [-0.05, 0) is 70.5 Å². The highest BCUT2D eigenvalue weighted by molar-refractivity contribution is 5.76. The van der Waals surface area contributed by atoms with Crippen molar-refractivity contribution in [2.24, 2.45) is 5.92 Å². The van der Waals surface area contributed by atoms with Gasteiger partial charge in [-0.15, -0.1) is 5.10 Å². The number of nitrogens with zero attached hydrogens (tertiary/aromatic N) is 6. The molecule has 2 aromatic heterocycles. The molecule has 14 heteroatoms. The minimum absolute atomic E-state index is 0.0154. The van der Waals surface area contributed by atoms with Gasteiger partial charge in [-0.2, -0.15) is 9.97 Å². The first-order chi connectivity index (χ1) is 21.4. The summed E-state index contributed by atoms with van der Waals surface area (Å²) in [4.78, 5) is 33.8. The molecule has 1 aliphatic carbocycles. The summed E-state index contributed by atoms with van der Waals surface area (Å²) in [6, 6.07) is 2.52. The molecule has 0 bridgehead atoms. The van der Waals surface area contributed by atoms with Gasteiger partial charge in [0.25, 0.3) is 0 Å². The molecule has 1 saturated heterocycles. The van der Waals surface area contributed by atoms with Crippen LogP contribution in [-0.2, 0) is 22.7 Å². The van der Waals surface area contributed by atoms with Gasteiger partial charge in [0.05, 0.1) is 12.7 Å². The van der Waals surface area contributed by atoms with Crippen LogP contribution in [0, 0.1) is 5.92 Å². The number of aryl methyl sites for hydroxylation is 1. The number of carboxylic acid groups (broad SMARTS) is 1. The van der Waals surface area contributed by atoms with Gasteiger partial charge in [0.15, 0.2) is 0 Å². The number of anilines is 3. The van der Waals surface area contributed by atoms with Crippen molar-refractivity contribution < 1.29 is 14.7 Å². The monoisotopic (exact) mass is 613 g/mol. The van der Waals surface area contributed by atoms with Crippen molar-refractivity contribution in [2.75, 3.05) is 55.2 Å². The van der Waals surface area contributed by atoms with Crippen molar-refractivity contribution in [3.05, 3.63) is 18.0 Å². The third kappa shape index (κ3) is 12.2. The molecule has 2 aromatic rings. The summed E-state index contributed by atoms with van der Waals surface area (Å²) in [5.41, 5.74) is 6.91. The zero-order chi connectivity index (χ0) is 31.0. The Hall–Kier alpha value is -3.52. The Morgan fingerprint density at radius 3 is 2.57 bits per heavy atom. The molecular weight excluding hydrogens is 562 g/mol. The Morgan fingerprint density at radius 2 is 1.77 bits per heavy atom. The summed E-state index contributed by atoms with van der Waals surface area (Å²) in [6.45, 7) is 6.54. The molecule has 0 atom stereocenters. The Morgan fingerprint density at radius 1 is 0.977 bits per heavy atom. The van der Waals surface area contributed by atoms with Gasteiger partial charge in [-0.3, -0.25) is 14.3 Å². The van der Waals surface area contributed by atoms with Gasteiger partial charge in [-0.25, -0.2) is 0 Å². The number of aromatic nitrogens is 5. The molecule has 7 N–H and O–H groups in total. The fraction of sp³-hybridized carbons (Fsp3) is 0.733. The van der Waals surface area contributed by atoms with Crippen LogP contribution < -0.4 is 31.9 Å². The molecule has 4 rings (SSSR count). The van der Waals surface area contributed by atoms with E-state index in [4.69, 9.17) is 10.8 Å². The summed E-state index contributed by atoms with van der Waals surface area (Å²) in [5.74, 6) is 1.03. The maximum Gasteiger partial charge on any atom is 0.303 e. The van der Waals surface area contributed by atoms with E-state index in [1.165, 1.54) is 32.1 Å². The first kappa shape index (κ1) is 33.4. The minimum atomic E-state index is -0.876. The molecule has 3 heterocycles. The van der Waals surface area contributed by atoms with Crippen molar-refractivity contribution in [3.8, 4) is 0 Å². The van der Waals surface area contributed by atoms with E-state index in [0.717, 1.165) is 82.5 Å². The summed E-state index contributed by atoms with van der Waals surface area (Å²) in [7, 11) is 0. The SMILES string of the molecule is Nc1cc(N2CCC(CNC(=O)CCCC(=O)O)CC2)nc(NCc2cn(CCCNCCCNC3CCCCC3)nn2)n1. The van der Waals surface area contributed by atoms with Gasteiger partial charge in [0, 0.05) is 51.1 Å². The molecule has 0 aromatic carbocycles. The maximum absolute atomic E-state index is 12.0. The van der Waals surface area contributed by atoms with Crippen molar-refractivity contribution in [3.63, 3.8) is 0 Å². The molecule has 0 spiro atoms. The van der Waals surface area contributed by atoms with E-state index >= 15 is 0 Å². The normalized spacial score (nSPS) is 16.2. The number of nitrogens with two attached hydrogens (primary N) is 1. The average molecular weight is 614 g/mol. The van der Waals surface area contributed by atoms with Crippen LogP contribution in [0.15, 0.2) is 12.3 Å². The Bertz CT molecular complexity index is 1150. The van der Waals surface area contributed by atoms with E-state index < -0.39 is 5.97 Å². The third-order valence-corrected chi connectivity index (χ3v) is 8.38. The Kier molecular flexibility index (Phi) is 13.9. The van der Waals surface area contributed by atoms with E-state index in [2.05, 4.69) is 46.4 Å². The van der Waals surface area contributed by atoms with E-state index in [0.29, 0.717) is 37.2 Å². The van der Waals surface area contributed by atoms with Crippen molar-refractivity contribution in [1.29, 1.82) is 0 Å². The fourth-order valence-electron chi connectivity index (χ4n) is 5.82. The van der Waals surface area contributed by atoms with Crippen molar-refractivity contribution >= 4 is 29.5 Å².